The number of para-hydroxylation sites is 2. The molecule has 0 aliphatic carbocycles. The van der Waals surface area contributed by atoms with Gasteiger partial charge in [-0.05, 0) is 29.1 Å². The summed E-state index contributed by atoms with van der Waals surface area (Å²) in [6.07, 6.45) is 0.533. The average molecular weight is 384 g/mol. The molecule has 1 fully saturated rings. The number of benzene rings is 2. The minimum Gasteiger partial charge on any atom is -0.356 e. The van der Waals surface area contributed by atoms with Crippen molar-refractivity contribution >= 4 is 33.6 Å². The molecule has 29 heavy (non-hydrogen) atoms. The number of carbonyl (C=O) groups is 2. The number of hydrogen-bond donors (Lipinski definition) is 2. The lowest BCUT2D eigenvalue weighted by Crippen LogP contribution is -2.62. The van der Waals surface area contributed by atoms with Crippen molar-refractivity contribution in [3.05, 3.63) is 71.5 Å². The van der Waals surface area contributed by atoms with E-state index in [-0.39, 0.29) is 24.4 Å². The van der Waals surface area contributed by atoms with Gasteiger partial charge in [0.2, 0.25) is 11.8 Å². The van der Waals surface area contributed by atoms with E-state index in [1.54, 1.807) is 16.8 Å². The monoisotopic (exact) mass is 384 g/mol. The van der Waals surface area contributed by atoms with Crippen molar-refractivity contribution in [3.8, 4) is 0 Å². The number of hydrogen-bond acceptors (Lipinski definition) is 2. The number of aromatic amines is 2. The Morgan fingerprint density at radius 1 is 0.966 bits per heavy atom. The fourth-order valence-electron chi connectivity index (χ4n) is 4.97. The first-order valence-corrected chi connectivity index (χ1v) is 9.85. The van der Waals surface area contributed by atoms with E-state index in [4.69, 9.17) is 0 Å². The van der Waals surface area contributed by atoms with Gasteiger partial charge in [-0.2, -0.15) is 0 Å². The molecule has 2 amide bonds. The van der Waals surface area contributed by atoms with Gasteiger partial charge in [0.15, 0.2) is 0 Å². The maximum absolute atomic E-state index is 13.1. The molecule has 6 nitrogen and oxygen atoms in total. The van der Waals surface area contributed by atoms with Crippen LogP contribution in [0.4, 0.5) is 0 Å². The van der Waals surface area contributed by atoms with Crippen LogP contribution in [0.5, 0.6) is 0 Å². The third kappa shape index (κ3) is 2.23. The van der Waals surface area contributed by atoms with Crippen molar-refractivity contribution in [2.75, 3.05) is 13.6 Å². The molecule has 2 aromatic heterocycles. The molecule has 2 atom stereocenters. The highest BCUT2D eigenvalue weighted by Crippen LogP contribution is 2.42. The van der Waals surface area contributed by atoms with Crippen molar-refractivity contribution in [1.29, 1.82) is 0 Å². The fraction of sp³-hybridized carbons (Fsp3) is 0.217. The highest BCUT2D eigenvalue weighted by Gasteiger charge is 2.47. The summed E-state index contributed by atoms with van der Waals surface area (Å²) < 4.78 is 0. The molecule has 144 valence electrons. The van der Waals surface area contributed by atoms with Crippen molar-refractivity contribution in [1.82, 2.24) is 19.8 Å². The molecule has 6 heteroatoms. The minimum absolute atomic E-state index is 0.00152. The highest BCUT2D eigenvalue weighted by atomic mass is 16.2. The Kier molecular flexibility index (Phi) is 3.25. The first kappa shape index (κ1) is 16.4. The molecule has 2 aromatic carbocycles. The summed E-state index contributed by atoms with van der Waals surface area (Å²) in [5, 5.41) is 2.21. The lowest BCUT2D eigenvalue weighted by molar-refractivity contribution is -0.157. The van der Waals surface area contributed by atoms with Crippen LogP contribution in [0.15, 0.2) is 54.6 Å². The summed E-state index contributed by atoms with van der Waals surface area (Å²) in [5.74, 6) is -0.0216. The maximum Gasteiger partial charge on any atom is 0.245 e. The number of amides is 2. The van der Waals surface area contributed by atoms with Crippen LogP contribution >= 0.6 is 0 Å². The molecule has 2 aliphatic rings. The molecule has 2 N–H and O–H groups in total. The predicted molar refractivity (Wildman–Crippen MR) is 110 cm³/mol. The van der Waals surface area contributed by atoms with E-state index >= 15 is 0 Å². The number of rotatable bonds is 1. The lowest BCUT2D eigenvalue weighted by Gasteiger charge is -2.45. The number of nitrogens with zero attached hydrogens (tertiary/aromatic N) is 2. The van der Waals surface area contributed by atoms with Gasteiger partial charge in [-0.3, -0.25) is 9.59 Å². The Bertz CT molecular complexity index is 1270. The van der Waals surface area contributed by atoms with Crippen LogP contribution in [0.25, 0.3) is 21.8 Å². The molecule has 1 saturated heterocycles. The number of piperazine rings is 1. The normalized spacial score (nSPS) is 21.7. The van der Waals surface area contributed by atoms with Crippen LogP contribution < -0.4 is 0 Å². The largest absolute Gasteiger partial charge is 0.356 e. The molecular formula is C23H20N4O2. The van der Waals surface area contributed by atoms with E-state index in [9.17, 15) is 9.59 Å². The topological polar surface area (TPSA) is 72.2 Å². The second kappa shape index (κ2) is 5.73. The van der Waals surface area contributed by atoms with Crippen LogP contribution in [-0.2, 0) is 16.0 Å². The number of fused-ring (bicyclic) bond motifs is 5. The average Bonchev–Trinajstić information content (AvgIpc) is 3.31. The number of carbonyl (C=O) groups excluding carboxylic acids is 2. The summed E-state index contributed by atoms with van der Waals surface area (Å²) in [7, 11) is 1.71. The van der Waals surface area contributed by atoms with E-state index in [0.717, 1.165) is 38.8 Å². The van der Waals surface area contributed by atoms with Gasteiger partial charge in [-0.15, -0.1) is 0 Å². The summed E-state index contributed by atoms with van der Waals surface area (Å²) in [4.78, 5) is 36.5. The third-order valence-electron chi connectivity index (χ3n) is 6.30. The summed E-state index contributed by atoms with van der Waals surface area (Å²) >= 11 is 0. The van der Waals surface area contributed by atoms with Crippen LogP contribution in [0, 0.1) is 0 Å². The zero-order valence-corrected chi connectivity index (χ0v) is 16.0. The highest BCUT2D eigenvalue weighted by molar-refractivity contribution is 5.97. The van der Waals surface area contributed by atoms with Gasteiger partial charge in [-0.25, -0.2) is 0 Å². The van der Waals surface area contributed by atoms with E-state index in [2.05, 4.69) is 28.2 Å². The van der Waals surface area contributed by atoms with E-state index in [1.807, 2.05) is 36.4 Å². The molecule has 0 bridgehead atoms. The molecular weight excluding hydrogens is 364 g/mol. The fourth-order valence-corrected chi connectivity index (χ4v) is 4.97. The summed E-state index contributed by atoms with van der Waals surface area (Å²) in [6.45, 7) is 0.113. The summed E-state index contributed by atoms with van der Waals surface area (Å²) in [6, 6.07) is 17.5. The first-order valence-electron chi connectivity index (χ1n) is 9.85. The number of H-pyrrole nitrogens is 2. The van der Waals surface area contributed by atoms with E-state index < -0.39 is 6.04 Å². The van der Waals surface area contributed by atoms with Crippen LogP contribution in [0.2, 0.25) is 0 Å². The molecule has 0 radical (unpaired) electrons. The van der Waals surface area contributed by atoms with Crippen molar-refractivity contribution in [2.24, 2.45) is 0 Å². The SMILES string of the molecule is CN1CC(=O)N2C(Cc3c([nH]c4ccccc34)C2c2cc3ccccc3[nH]2)C1=O. The third-order valence-corrected chi connectivity index (χ3v) is 6.30. The van der Waals surface area contributed by atoms with Crippen LogP contribution in [0.3, 0.4) is 0 Å². The molecule has 4 heterocycles. The van der Waals surface area contributed by atoms with Crippen molar-refractivity contribution in [3.63, 3.8) is 0 Å². The number of nitrogens with one attached hydrogen (secondary N) is 2. The number of aromatic nitrogens is 2. The second-order valence-corrected chi connectivity index (χ2v) is 7.99. The smallest absolute Gasteiger partial charge is 0.245 e. The molecule has 2 aliphatic heterocycles. The molecule has 6 rings (SSSR count). The minimum atomic E-state index is -0.482. The van der Waals surface area contributed by atoms with Gasteiger partial charge in [-0.1, -0.05) is 36.4 Å². The maximum atomic E-state index is 13.1. The molecule has 0 spiro atoms. The van der Waals surface area contributed by atoms with Gasteiger partial charge in [0.05, 0.1) is 6.54 Å². The first-order chi connectivity index (χ1) is 14.1. The van der Waals surface area contributed by atoms with Gasteiger partial charge >= 0.3 is 0 Å². The Morgan fingerprint density at radius 3 is 2.55 bits per heavy atom. The van der Waals surface area contributed by atoms with Gasteiger partial charge in [0, 0.05) is 41.3 Å². The van der Waals surface area contributed by atoms with Crippen molar-refractivity contribution in [2.45, 2.75) is 18.5 Å². The molecule has 0 saturated carbocycles. The summed E-state index contributed by atoms with van der Waals surface area (Å²) in [5.41, 5.74) is 5.11. The lowest BCUT2D eigenvalue weighted by atomic mass is 9.88. The van der Waals surface area contributed by atoms with E-state index in [1.165, 1.54) is 0 Å². The predicted octanol–water partition coefficient (Wildman–Crippen LogP) is 2.96. The quantitative estimate of drug-likeness (QED) is 0.530. The Labute approximate surface area is 167 Å². The Morgan fingerprint density at radius 2 is 1.72 bits per heavy atom. The number of likely N-dealkylation sites (N-methyl/N-ethyl adjacent to an activating group) is 1. The van der Waals surface area contributed by atoms with Crippen LogP contribution in [0.1, 0.15) is 23.0 Å². The zero-order valence-electron chi connectivity index (χ0n) is 16.0. The van der Waals surface area contributed by atoms with E-state index in [0.29, 0.717) is 6.42 Å². The van der Waals surface area contributed by atoms with Gasteiger partial charge in [0.1, 0.15) is 12.1 Å². The van der Waals surface area contributed by atoms with Crippen molar-refractivity contribution < 1.29 is 9.59 Å². The zero-order chi connectivity index (χ0) is 19.7. The standard InChI is InChI=1S/C23H20N4O2/c1-26-12-20(28)27-19(23(26)29)11-15-14-7-3-5-9-17(14)25-21(15)22(27)18-10-13-6-2-4-8-16(13)24-18/h2-10,19,22,24-25H,11-12H2,1H3. The Balaban J connectivity index is 1.62. The Hall–Kier alpha value is -3.54. The molecule has 4 aromatic rings. The second-order valence-electron chi connectivity index (χ2n) is 7.99. The molecule has 2 unspecified atom stereocenters. The van der Waals surface area contributed by atoms with Gasteiger partial charge in [0.25, 0.3) is 0 Å². The van der Waals surface area contributed by atoms with Crippen LogP contribution in [-0.4, -0.2) is 51.2 Å². The van der Waals surface area contributed by atoms with Gasteiger partial charge < -0.3 is 19.8 Å².